The molecule has 0 saturated carbocycles. The van der Waals surface area contributed by atoms with Crippen LogP contribution in [0.1, 0.15) is 10.4 Å². The number of carbonyl (C=O) groups excluding carboxylic acids is 1. The summed E-state index contributed by atoms with van der Waals surface area (Å²) >= 11 is 0. The SMILES string of the molecule is COc1ccc(-c2cc3c(N[C@@H]4CN(S(C)(=O)=O)C[C@@H]4OC)c(C(N)=O)cnn3c2)cn1. The highest BCUT2D eigenvalue weighted by Gasteiger charge is 2.38. The van der Waals surface area contributed by atoms with E-state index in [-0.39, 0.29) is 24.7 Å². The number of hydrogen-bond acceptors (Lipinski definition) is 8. The molecule has 0 unspecified atom stereocenters. The molecule has 170 valence electrons. The highest BCUT2D eigenvalue weighted by atomic mass is 32.2. The van der Waals surface area contributed by atoms with Crippen molar-refractivity contribution in [2.24, 2.45) is 5.73 Å². The molecule has 3 aromatic heterocycles. The van der Waals surface area contributed by atoms with Gasteiger partial charge in [0.1, 0.15) is 0 Å². The summed E-state index contributed by atoms with van der Waals surface area (Å²) in [5.41, 5.74) is 8.53. The van der Waals surface area contributed by atoms with E-state index in [0.29, 0.717) is 17.1 Å². The second-order valence-corrected chi connectivity index (χ2v) is 9.53. The van der Waals surface area contributed by atoms with E-state index in [1.54, 1.807) is 30.1 Å². The largest absolute Gasteiger partial charge is 0.481 e. The van der Waals surface area contributed by atoms with Crippen molar-refractivity contribution in [2.75, 3.05) is 38.9 Å². The van der Waals surface area contributed by atoms with Gasteiger partial charge in [0.2, 0.25) is 15.9 Å². The van der Waals surface area contributed by atoms with Crippen molar-refractivity contribution in [1.29, 1.82) is 0 Å². The van der Waals surface area contributed by atoms with Crippen LogP contribution in [0.4, 0.5) is 5.69 Å². The van der Waals surface area contributed by atoms with Crippen LogP contribution in [-0.2, 0) is 14.8 Å². The molecule has 1 fully saturated rings. The molecule has 0 bridgehead atoms. The Morgan fingerprint density at radius 2 is 2.00 bits per heavy atom. The van der Waals surface area contributed by atoms with E-state index >= 15 is 0 Å². The van der Waals surface area contributed by atoms with Gasteiger partial charge in [-0.25, -0.2) is 17.9 Å². The zero-order valence-corrected chi connectivity index (χ0v) is 18.7. The molecule has 4 rings (SSSR count). The highest BCUT2D eigenvalue weighted by molar-refractivity contribution is 7.88. The number of primary amides is 1. The number of aromatic nitrogens is 3. The first-order valence-corrected chi connectivity index (χ1v) is 11.6. The van der Waals surface area contributed by atoms with E-state index in [2.05, 4.69) is 15.4 Å². The number of fused-ring (bicyclic) bond motifs is 1. The van der Waals surface area contributed by atoms with E-state index in [4.69, 9.17) is 15.2 Å². The molecule has 3 N–H and O–H groups in total. The number of anilines is 1. The molecule has 0 radical (unpaired) electrons. The third-order valence-electron chi connectivity index (χ3n) is 5.52. The van der Waals surface area contributed by atoms with Crippen LogP contribution in [-0.4, -0.2) is 78.9 Å². The molecule has 0 aliphatic carbocycles. The van der Waals surface area contributed by atoms with Crippen LogP contribution in [0, 0.1) is 0 Å². The predicted molar refractivity (Wildman–Crippen MR) is 118 cm³/mol. The van der Waals surface area contributed by atoms with Crippen LogP contribution in [0.5, 0.6) is 5.88 Å². The monoisotopic (exact) mass is 460 g/mol. The van der Waals surface area contributed by atoms with E-state index in [0.717, 1.165) is 17.4 Å². The molecule has 1 amide bonds. The van der Waals surface area contributed by atoms with Gasteiger partial charge in [0.05, 0.1) is 48.5 Å². The van der Waals surface area contributed by atoms with Crippen molar-refractivity contribution in [3.05, 3.63) is 42.4 Å². The zero-order chi connectivity index (χ0) is 23.0. The van der Waals surface area contributed by atoms with Gasteiger partial charge >= 0.3 is 0 Å². The minimum atomic E-state index is -3.39. The predicted octanol–water partition coefficient (Wildman–Crippen LogP) is 0.575. The number of sulfonamides is 1. The van der Waals surface area contributed by atoms with Crippen molar-refractivity contribution >= 4 is 27.1 Å². The fraction of sp³-hybridized carbons (Fsp3) is 0.350. The molecule has 3 aromatic rings. The third-order valence-corrected chi connectivity index (χ3v) is 6.75. The number of hydrogen-bond donors (Lipinski definition) is 2. The van der Waals surface area contributed by atoms with Gasteiger partial charge in [0.15, 0.2) is 0 Å². The van der Waals surface area contributed by atoms with Crippen molar-refractivity contribution in [3.8, 4) is 17.0 Å². The lowest BCUT2D eigenvalue weighted by Gasteiger charge is -2.21. The number of nitrogens with zero attached hydrogens (tertiary/aromatic N) is 4. The van der Waals surface area contributed by atoms with Gasteiger partial charge in [-0.05, 0) is 12.1 Å². The number of amides is 1. The minimum Gasteiger partial charge on any atom is -0.481 e. The number of methoxy groups -OCH3 is 2. The van der Waals surface area contributed by atoms with Crippen molar-refractivity contribution < 1.29 is 22.7 Å². The Kier molecular flexibility index (Phi) is 5.75. The summed E-state index contributed by atoms with van der Waals surface area (Å²) < 4.78 is 37.6. The van der Waals surface area contributed by atoms with Crippen molar-refractivity contribution in [2.45, 2.75) is 12.1 Å². The maximum atomic E-state index is 12.1. The standard InChI is InChI=1S/C20H24N6O5S/c1-30-17-11-25(32(3,28)29)10-15(17)24-19-14(20(21)27)8-23-26-9-13(6-16(19)26)12-4-5-18(31-2)22-7-12/h4-9,15,17,24H,10-11H2,1-3H3,(H2,21,27)/t15-,17+/m1/s1. The second-order valence-electron chi connectivity index (χ2n) is 7.55. The molecule has 0 spiro atoms. The average molecular weight is 461 g/mol. The van der Waals surface area contributed by atoms with Gasteiger partial charge in [-0.1, -0.05) is 0 Å². The van der Waals surface area contributed by atoms with E-state index in [1.165, 1.54) is 17.6 Å². The summed E-state index contributed by atoms with van der Waals surface area (Å²) in [6.07, 6.45) is 5.62. The fourth-order valence-electron chi connectivity index (χ4n) is 3.80. The summed E-state index contributed by atoms with van der Waals surface area (Å²) in [4.78, 5) is 16.4. The number of ether oxygens (including phenoxy) is 2. The van der Waals surface area contributed by atoms with Crippen LogP contribution in [0.3, 0.4) is 0 Å². The van der Waals surface area contributed by atoms with Gasteiger partial charge < -0.3 is 20.5 Å². The topological polar surface area (TPSA) is 141 Å². The lowest BCUT2D eigenvalue weighted by atomic mass is 10.1. The normalized spacial score (nSPS) is 19.3. The molecule has 0 aromatic carbocycles. The van der Waals surface area contributed by atoms with Gasteiger partial charge in [-0.2, -0.15) is 9.40 Å². The Morgan fingerprint density at radius 3 is 2.59 bits per heavy atom. The number of pyridine rings is 1. The van der Waals surface area contributed by atoms with Crippen LogP contribution < -0.4 is 15.8 Å². The number of nitrogens with two attached hydrogens (primary N) is 1. The van der Waals surface area contributed by atoms with E-state index in [9.17, 15) is 13.2 Å². The smallest absolute Gasteiger partial charge is 0.252 e. The summed E-state index contributed by atoms with van der Waals surface area (Å²) in [7, 11) is -0.324. The van der Waals surface area contributed by atoms with E-state index < -0.39 is 22.0 Å². The summed E-state index contributed by atoms with van der Waals surface area (Å²) in [6.45, 7) is 0.407. The van der Waals surface area contributed by atoms with Crippen LogP contribution in [0.25, 0.3) is 16.6 Å². The summed E-state index contributed by atoms with van der Waals surface area (Å²) in [5, 5.41) is 7.60. The first-order chi connectivity index (χ1) is 15.2. The molecule has 1 saturated heterocycles. The summed E-state index contributed by atoms with van der Waals surface area (Å²) in [6, 6.07) is 5.08. The molecule has 12 heteroatoms. The summed E-state index contributed by atoms with van der Waals surface area (Å²) in [5.74, 6) is -0.153. The van der Waals surface area contributed by atoms with Gasteiger partial charge in [-0.3, -0.25) is 4.79 Å². The second kappa shape index (κ2) is 8.37. The number of carbonyl (C=O) groups is 1. The first kappa shape index (κ1) is 22.0. The van der Waals surface area contributed by atoms with Gasteiger partial charge in [0, 0.05) is 49.8 Å². The number of nitrogens with one attached hydrogen (secondary N) is 1. The Balaban J connectivity index is 1.75. The molecule has 1 aliphatic heterocycles. The lowest BCUT2D eigenvalue weighted by molar-refractivity contribution is 0.0998. The minimum absolute atomic E-state index is 0.194. The van der Waals surface area contributed by atoms with Crippen LogP contribution in [0.2, 0.25) is 0 Å². The Hall–Kier alpha value is -3.22. The Morgan fingerprint density at radius 1 is 1.22 bits per heavy atom. The maximum Gasteiger partial charge on any atom is 0.252 e. The fourth-order valence-corrected chi connectivity index (χ4v) is 4.65. The molecule has 2 atom stereocenters. The molecular formula is C20H24N6O5S. The first-order valence-electron chi connectivity index (χ1n) is 9.77. The molecule has 32 heavy (non-hydrogen) atoms. The van der Waals surface area contributed by atoms with Crippen molar-refractivity contribution in [3.63, 3.8) is 0 Å². The number of rotatable bonds is 7. The Bertz CT molecular complexity index is 1260. The quantitative estimate of drug-likeness (QED) is 0.521. The maximum absolute atomic E-state index is 12.1. The van der Waals surface area contributed by atoms with Crippen LogP contribution in [0.15, 0.2) is 36.8 Å². The van der Waals surface area contributed by atoms with Crippen molar-refractivity contribution in [1.82, 2.24) is 18.9 Å². The molecular weight excluding hydrogens is 436 g/mol. The van der Waals surface area contributed by atoms with Gasteiger partial charge in [-0.15, -0.1) is 0 Å². The molecule has 1 aliphatic rings. The zero-order valence-electron chi connectivity index (χ0n) is 17.8. The van der Waals surface area contributed by atoms with Crippen LogP contribution >= 0.6 is 0 Å². The van der Waals surface area contributed by atoms with Gasteiger partial charge in [0.25, 0.3) is 5.91 Å². The third kappa shape index (κ3) is 4.11. The lowest BCUT2D eigenvalue weighted by Crippen LogP contribution is -2.35. The highest BCUT2D eigenvalue weighted by Crippen LogP contribution is 2.30. The molecule has 4 heterocycles. The molecule has 11 nitrogen and oxygen atoms in total. The Labute approximate surface area is 185 Å². The average Bonchev–Trinajstić information content (AvgIpc) is 3.38. The van der Waals surface area contributed by atoms with E-state index in [1.807, 2.05) is 12.1 Å².